The third-order valence-corrected chi connectivity index (χ3v) is 4.00. The van der Waals surface area contributed by atoms with Crippen LogP contribution in [0.3, 0.4) is 0 Å². The van der Waals surface area contributed by atoms with Crippen LogP contribution >= 0.6 is 11.6 Å². The maximum absolute atomic E-state index is 13.1. The van der Waals surface area contributed by atoms with Crippen molar-refractivity contribution in [1.29, 1.82) is 0 Å². The highest BCUT2D eigenvalue weighted by Crippen LogP contribution is 2.23. The van der Waals surface area contributed by atoms with Gasteiger partial charge in [0.2, 0.25) is 0 Å². The van der Waals surface area contributed by atoms with Crippen molar-refractivity contribution in [3.8, 4) is 0 Å². The zero-order valence-electron chi connectivity index (χ0n) is 12.3. The molecule has 114 valence electrons. The maximum Gasteiger partial charge on any atom is 0.141 e. The standard InChI is InChI=1S/C16H20ClFN2O/c1-3-13(4-2)20-8-7-12(19-20)10-16(21)11-5-6-15(18)14(17)9-11/h5-9,13,16,21H,3-4,10H2,1-2H3. The number of nitrogens with zero attached hydrogens (tertiary/aromatic N) is 2. The molecule has 0 saturated heterocycles. The number of benzene rings is 1. The first-order valence-corrected chi connectivity index (χ1v) is 7.60. The van der Waals surface area contributed by atoms with Crippen LogP contribution in [0.15, 0.2) is 30.5 Å². The van der Waals surface area contributed by atoms with Crippen LogP contribution in [-0.2, 0) is 6.42 Å². The summed E-state index contributed by atoms with van der Waals surface area (Å²) in [7, 11) is 0. The van der Waals surface area contributed by atoms with Gasteiger partial charge in [-0.05, 0) is 36.6 Å². The molecule has 0 aliphatic carbocycles. The van der Waals surface area contributed by atoms with Crippen LogP contribution in [0.1, 0.15) is 50.1 Å². The van der Waals surface area contributed by atoms with Gasteiger partial charge in [0.05, 0.1) is 22.9 Å². The fourth-order valence-electron chi connectivity index (χ4n) is 2.39. The van der Waals surface area contributed by atoms with E-state index in [-0.39, 0.29) is 5.02 Å². The lowest BCUT2D eigenvalue weighted by Crippen LogP contribution is -2.09. The molecular weight excluding hydrogens is 291 g/mol. The van der Waals surface area contributed by atoms with Crippen LogP contribution < -0.4 is 0 Å². The monoisotopic (exact) mass is 310 g/mol. The Balaban J connectivity index is 2.08. The molecule has 0 fully saturated rings. The van der Waals surface area contributed by atoms with Gasteiger partial charge in [0, 0.05) is 12.6 Å². The Morgan fingerprint density at radius 3 is 2.62 bits per heavy atom. The summed E-state index contributed by atoms with van der Waals surface area (Å²) >= 11 is 5.74. The minimum Gasteiger partial charge on any atom is -0.388 e. The molecule has 1 aromatic heterocycles. The lowest BCUT2D eigenvalue weighted by atomic mass is 10.1. The van der Waals surface area contributed by atoms with Crippen molar-refractivity contribution in [3.05, 3.63) is 52.6 Å². The summed E-state index contributed by atoms with van der Waals surface area (Å²) < 4.78 is 15.1. The van der Waals surface area contributed by atoms with Gasteiger partial charge in [0.25, 0.3) is 0 Å². The lowest BCUT2D eigenvalue weighted by Gasteiger charge is -2.13. The fourth-order valence-corrected chi connectivity index (χ4v) is 2.58. The summed E-state index contributed by atoms with van der Waals surface area (Å²) in [6, 6.07) is 6.57. The molecule has 1 atom stereocenters. The normalized spacial score (nSPS) is 12.9. The van der Waals surface area contributed by atoms with Gasteiger partial charge >= 0.3 is 0 Å². The summed E-state index contributed by atoms with van der Waals surface area (Å²) in [6.07, 6.45) is 3.63. The molecule has 0 saturated carbocycles. The molecule has 2 rings (SSSR count). The molecule has 0 aliphatic heterocycles. The van der Waals surface area contributed by atoms with Crippen LogP contribution in [0.5, 0.6) is 0 Å². The summed E-state index contributed by atoms with van der Waals surface area (Å²) in [6.45, 7) is 4.26. The summed E-state index contributed by atoms with van der Waals surface area (Å²) in [5.41, 5.74) is 1.41. The highest BCUT2D eigenvalue weighted by molar-refractivity contribution is 6.30. The van der Waals surface area contributed by atoms with E-state index in [1.807, 2.05) is 16.9 Å². The Morgan fingerprint density at radius 1 is 1.29 bits per heavy atom. The van der Waals surface area contributed by atoms with Crippen LogP contribution in [0.4, 0.5) is 4.39 Å². The predicted octanol–water partition coefficient (Wildman–Crippen LogP) is 4.31. The van der Waals surface area contributed by atoms with Crippen molar-refractivity contribution in [2.75, 3.05) is 0 Å². The molecule has 3 nitrogen and oxygen atoms in total. The fraction of sp³-hybridized carbons (Fsp3) is 0.438. The molecule has 1 aromatic carbocycles. The van der Waals surface area contributed by atoms with Crippen LogP contribution in [-0.4, -0.2) is 14.9 Å². The topological polar surface area (TPSA) is 38.0 Å². The molecule has 1 heterocycles. The average molecular weight is 311 g/mol. The lowest BCUT2D eigenvalue weighted by molar-refractivity contribution is 0.176. The molecule has 1 N–H and O–H groups in total. The third-order valence-electron chi connectivity index (χ3n) is 3.71. The highest BCUT2D eigenvalue weighted by Gasteiger charge is 2.14. The molecule has 21 heavy (non-hydrogen) atoms. The number of halogens is 2. The van der Waals surface area contributed by atoms with E-state index in [4.69, 9.17) is 11.6 Å². The first kappa shape index (κ1) is 16.0. The second-order valence-electron chi connectivity index (χ2n) is 5.15. The predicted molar refractivity (Wildman–Crippen MR) is 81.9 cm³/mol. The maximum atomic E-state index is 13.1. The van der Waals surface area contributed by atoms with Gasteiger partial charge in [-0.1, -0.05) is 31.5 Å². The third kappa shape index (κ3) is 3.83. The van der Waals surface area contributed by atoms with E-state index in [0.717, 1.165) is 18.5 Å². The molecule has 5 heteroatoms. The molecule has 0 bridgehead atoms. The van der Waals surface area contributed by atoms with Crippen LogP contribution in [0, 0.1) is 5.82 Å². The number of aliphatic hydroxyl groups excluding tert-OH is 1. The number of hydrogen-bond acceptors (Lipinski definition) is 2. The summed E-state index contributed by atoms with van der Waals surface area (Å²) in [5.74, 6) is -0.481. The quantitative estimate of drug-likeness (QED) is 0.863. The minimum atomic E-state index is -0.742. The van der Waals surface area contributed by atoms with Gasteiger partial charge in [0.15, 0.2) is 0 Å². The van der Waals surface area contributed by atoms with Crippen LogP contribution in [0.25, 0.3) is 0 Å². The molecule has 0 radical (unpaired) electrons. The van der Waals surface area contributed by atoms with E-state index in [1.54, 1.807) is 6.07 Å². The first-order chi connectivity index (χ1) is 10.0. The Kier molecular flexibility index (Phi) is 5.37. The van der Waals surface area contributed by atoms with E-state index < -0.39 is 11.9 Å². The number of aliphatic hydroxyl groups is 1. The van der Waals surface area contributed by atoms with Gasteiger partial charge in [0.1, 0.15) is 5.82 Å². The Labute approximate surface area is 129 Å². The molecule has 0 amide bonds. The van der Waals surface area contributed by atoms with Crippen molar-refractivity contribution in [1.82, 2.24) is 9.78 Å². The molecular formula is C16H20ClFN2O. The smallest absolute Gasteiger partial charge is 0.141 e. The zero-order chi connectivity index (χ0) is 15.4. The second-order valence-corrected chi connectivity index (χ2v) is 5.56. The van der Waals surface area contributed by atoms with Crippen molar-refractivity contribution >= 4 is 11.6 Å². The molecule has 1 unspecified atom stereocenters. The van der Waals surface area contributed by atoms with E-state index in [0.29, 0.717) is 18.0 Å². The number of hydrogen-bond donors (Lipinski definition) is 1. The Bertz CT molecular complexity index is 596. The Hall–Kier alpha value is -1.39. The minimum absolute atomic E-state index is 0.0223. The number of rotatable bonds is 6. The van der Waals surface area contributed by atoms with Gasteiger partial charge < -0.3 is 5.11 Å². The SMILES string of the molecule is CCC(CC)n1ccc(CC(O)c2ccc(F)c(Cl)c2)n1. The van der Waals surface area contributed by atoms with Gasteiger partial charge in [-0.3, -0.25) is 4.68 Å². The van der Waals surface area contributed by atoms with Crippen molar-refractivity contribution in [2.45, 2.75) is 45.3 Å². The van der Waals surface area contributed by atoms with Gasteiger partial charge in [-0.2, -0.15) is 5.10 Å². The largest absolute Gasteiger partial charge is 0.388 e. The van der Waals surface area contributed by atoms with E-state index >= 15 is 0 Å². The zero-order valence-corrected chi connectivity index (χ0v) is 13.0. The first-order valence-electron chi connectivity index (χ1n) is 7.22. The molecule has 0 spiro atoms. The molecule has 2 aromatic rings. The van der Waals surface area contributed by atoms with E-state index in [2.05, 4.69) is 18.9 Å². The van der Waals surface area contributed by atoms with Crippen molar-refractivity contribution in [2.24, 2.45) is 0 Å². The molecule has 0 aliphatic rings. The van der Waals surface area contributed by atoms with E-state index in [9.17, 15) is 9.50 Å². The second kappa shape index (κ2) is 7.05. The van der Waals surface area contributed by atoms with Gasteiger partial charge in [-0.25, -0.2) is 4.39 Å². The highest BCUT2D eigenvalue weighted by atomic mass is 35.5. The Morgan fingerprint density at radius 2 is 2.00 bits per heavy atom. The van der Waals surface area contributed by atoms with E-state index in [1.165, 1.54) is 12.1 Å². The number of aromatic nitrogens is 2. The average Bonchev–Trinajstić information content (AvgIpc) is 2.91. The van der Waals surface area contributed by atoms with Crippen molar-refractivity contribution in [3.63, 3.8) is 0 Å². The van der Waals surface area contributed by atoms with Crippen molar-refractivity contribution < 1.29 is 9.50 Å². The summed E-state index contributed by atoms with van der Waals surface area (Å²) in [4.78, 5) is 0. The summed E-state index contributed by atoms with van der Waals surface area (Å²) in [5, 5.41) is 14.8. The van der Waals surface area contributed by atoms with Gasteiger partial charge in [-0.15, -0.1) is 0 Å². The van der Waals surface area contributed by atoms with Crippen LogP contribution in [0.2, 0.25) is 5.02 Å².